The number of hydrogen-bond acceptors (Lipinski definition) is 0. The summed E-state index contributed by atoms with van der Waals surface area (Å²) in [4.78, 5) is 0. The lowest BCUT2D eigenvalue weighted by molar-refractivity contribution is 0.585. The molecule has 0 nitrogen and oxygen atoms in total. The van der Waals surface area contributed by atoms with Crippen LogP contribution in [0.4, 0.5) is 0 Å². The molecule has 0 radical (unpaired) electrons. The van der Waals surface area contributed by atoms with Crippen molar-refractivity contribution in [2.45, 2.75) is 241 Å². The zero-order valence-electron chi connectivity index (χ0n) is 42.8. The SMILES string of the molecule is C=C(C)CCC(C)C.CC(C)C.CC(C)C.CC(C)C.CC(C)C.CC(C)C.CC(C)C.CC(C)C.CC(C)C.CC(C)C.CC(C)C.I.I.[HH].[HH]. The van der Waals surface area contributed by atoms with Crippen LogP contribution in [-0.2, 0) is 0 Å². The maximum absolute atomic E-state index is 3.83. The average Bonchev–Trinajstić information content (AvgIpc) is 2.68. The van der Waals surface area contributed by atoms with Crippen molar-refractivity contribution >= 4 is 48.0 Å². The van der Waals surface area contributed by atoms with E-state index in [1.807, 2.05) is 0 Å². The molecule has 0 rings (SSSR count). The van der Waals surface area contributed by atoms with E-state index in [9.17, 15) is 0 Å². The van der Waals surface area contributed by atoms with Crippen LogP contribution in [0.3, 0.4) is 0 Å². The molecule has 0 aromatic rings. The van der Waals surface area contributed by atoms with E-state index in [0.717, 1.165) is 65.1 Å². The summed E-state index contributed by atoms with van der Waals surface area (Å²) in [5.41, 5.74) is 1.30. The van der Waals surface area contributed by atoms with Gasteiger partial charge in [0.15, 0.2) is 0 Å². The van der Waals surface area contributed by atoms with Crippen molar-refractivity contribution < 1.29 is 2.85 Å². The summed E-state index contributed by atoms with van der Waals surface area (Å²) in [6.07, 6.45) is 2.48. The Bertz CT molecular complexity index is 310. The summed E-state index contributed by atoms with van der Waals surface area (Å²) in [6, 6.07) is 0. The van der Waals surface area contributed by atoms with E-state index < -0.39 is 0 Å². The van der Waals surface area contributed by atoms with Crippen molar-refractivity contribution in [2.24, 2.45) is 65.1 Å². The molecule has 0 amide bonds. The maximum Gasteiger partial charge on any atom is 0 e. The first-order valence-corrected chi connectivity index (χ1v) is 20.6. The molecule has 0 atom stereocenters. The third kappa shape index (κ3) is 2970. The van der Waals surface area contributed by atoms with E-state index in [2.05, 4.69) is 235 Å². The highest BCUT2D eigenvalue weighted by Crippen LogP contribution is 2.08. The topological polar surface area (TPSA) is 0 Å². The van der Waals surface area contributed by atoms with Crippen LogP contribution in [-0.4, -0.2) is 0 Å². The lowest BCUT2D eigenvalue weighted by atomic mass is 10.1. The molecule has 0 aromatic heterocycles. The molecule has 0 bridgehead atoms. The number of allylic oxidation sites excluding steroid dienone is 1. The summed E-state index contributed by atoms with van der Waals surface area (Å²) < 4.78 is 0. The Labute approximate surface area is 367 Å². The van der Waals surface area contributed by atoms with E-state index in [0.29, 0.717) is 0 Å². The van der Waals surface area contributed by atoms with Crippen molar-refractivity contribution in [3.63, 3.8) is 0 Å². The Hall–Kier alpha value is 1.20. The van der Waals surface area contributed by atoms with Gasteiger partial charge in [-0.2, -0.15) is 0 Å². The highest BCUT2D eigenvalue weighted by atomic mass is 127. The molecule has 0 saturated carbocycles. The van der Waals surface area contributed by atoms with Gasteiger partial charge in [0.2, 0.25) is 0 Å². The van der Waals surface area contributed by atoms with Gasteiger partial charge in [0.05, 0.1) is 0 Å². The molecule has 0 aliphatic carbocycles. The Kier molecular flexibility index (Phi) is 140. The Balaban J connectivity index is -0.0000000223. The zero-order valence-corrected chi connectivity index (χ0v) is 47.4. The smallest absolute Gasteiger partial charge is 0 e. The average molecular weight is 953 g/mol. The third-order valence-corrected chi connectivity index (χ3v) is 1.15. The van der Waals surface area contributed by atoms with Gasteiger partial charge in [-0.05, 0) is 84.9 Å². The van der Waals surface area contributed by atoms with Crippen LogP contribution >= 0.6 is 48.0 Å². The first kappa shape index (κ1) is 88.4. The second kappa shape index (κ2) is 79.1. The van der Waals surface area contributed by atoms with E-state index in [1.54, 1.807) is 0 Å². The maximum atomic E-state index is 3.83. The molecule has 0 N–H and O–H groups in total. The minimum Gasteiger partial charge on any atom is -0.107 e. The zero-order chi connectivity index (χ0) is 42.3. The molecule has 2 heteroatoms. The van der Waals surface area contributed by atoms with E-state index >= 15 is 0 Å². The van der Waals surface area contributed by atoms with Gasteiger partial charge in [-0.15, -0.1) is 54.5 Å². The van der Waals surface area contributed by atoms with Crippen LogP contribution in [0, 0.1) is 65.1 Å². The Morgan fingerprint density at radius 1 is 0.300 bits per heavy atom. The fourth-order valence-corrected chi connectivity index (χ4v) is 0.535. The quantitative estimate of drug-likeness (QED) is 0.195. The third-order valence-electron chi connectivity index (χ3n) is 1.15. The van der Waals surface area contributed by atoms with E-state index in [1.165, 1.54) is 18.4 Å². The highest BCUT2D eigenvalue weighted by Gasteiger charge is 1.91. The van der Waals surface area contributed by atoms with Crippen LogP contribution in [0.25, 0.3) is 0 Å². The van der Waals surface area contributed by atoms with Crippen LogP contribution in [0.1, 0.15) is 244 Å². The second-order valence-electron chi connectivity index (χ2n) is 20.2. The summed E-state index contributed by atoms with van der Waals surface area (Å²) in [5, 5.41) is 0. The molecule has 0 unspecified atom stereocenters. The molecular formula is C48H122I2. The van der Waals surface area contributed by atoms with Gasteiger partial charge in [0, 0.05) is 2.85 Å². The predicted molar refractivity (Wildman–Crippen MR) is 279 cm³/mol. The Morgan fingerprint density at radius 3 is 0.400 bits per heavy atom. The Morgan fingerprint density at radius 2 is 0.380 bits per heavy atom. The molecule has 0 heterocycles. The second-order valence-corrected chi connectivity index (χ2v) is 20.2. The van der Waals surface area contributed by atoms with Gasteiger partial charge in [0.1, 0.15) is 0 Å². The minimum atomic E-state index is 0. The standard InChI is InChI=1S/C8H16.10C4H10.2HI.2H2/c1-7(2)5-6-8(3)4;10*1-4(2)3;;;;/h8H,1,5-6H2,2-4H3;10*4H,1-3H3;4*1H. The molecule has 0 fully saturated rings. The van der Waals surface area contributed by atoms with E-state index in [4.69, 9.17) is 0 Å². The monoisotopic (exact) mass is 953 g/mol. The van der Waals surface area contributed by atoms with Crippen molar-refractivity contribution in [3.8, 4) is 0 Å². The van der Waals surface area contributed by atoms with Crippen molar-refractivity contribution in [2.75, 3.05) is 0 Å². The van der Waals surface area contributed by atoms with Gasteiger partial charge in [-0.25, -0.2) is 0 Å². The number of rotatable bonds is 3. The van der Waals surface area contributed by atoms with Gasteiger partial charge >= 0.3 is 0 Å². The summed E-state index contributed by atoms with van der Waals surface area (Å²) in [7, 11) is 0. The molecule has 0 aliphatic rings. The van der Waals surface area contributed by atoms with E-state index in [-0.39, 0.29) is 50.8 Å². The van der Waals surface area contributed by atoms with Crippen LogP contribution < -0.4 is 0 Å². The van der Waals surface area contributed by atoms with Crippen LogP contribution in [0.5, 0.6) is 0 Å². The number of halogens is 2. The van der Waals surface area contributed by atoms with Gasteiger partial charge in [-0.3, -0.25) is 0 Å². The minimum absolute atomic E-state index is 0. The van der Waals surface area contributed by atoms with Gasteiger partial charge < -0.3 is 0 Å². The molecule has 0 spiro atoms. The molecule has 328 valence electrons. The molecule has 0 aliphatic heterocycles. The predicted octanol–water partition coefficient (Wildman–Crippen LogP) is 21.3. The van der Waals surface area contributed by atoms with Crippen molar-refractivity contribution in [1.82, 2.24) is 0 Å². The van der Waals surface area contributed by atoms with Crippen LogP contribution in [0.2, 0.25) is 0 Å². The van der Waals surface area contributed by atoms with Gasteiger partial charge in [-0.1, -0.05) is 227 Å². The fourth-order valence-electron chi connectivity index (χ4n) is 0.535. The van der Waals surface area contributed by atoms with Crippen molar-refractivity contribution in [3.05, 3.63) is 12.2 Å². The summed E-state index contributed by atoms with van der Waals surface area (Å²) in [5.74, 6) is 9.16. The normalized spacial score (nSPS) is 8.80. The first-order valence-electron chi connectivity index (χ1n) is 20.6. The molecule has 0 aromatic carbocycles. The van der Waals surface area contributed by atoms with Crippen molar-refractivity contribution in [1.29, 1.82) is 0 Å². The summed E-state index contributed by atoms with van der Waals surface area (Å²) >= 11 is 0. The van der Waals surface area contributed by atoms with Crippen LogP contribution in [0.15, 0.2) is 12.2 Å². The lowest BCUT2D eigenvalue weighted by Gasteiger charge is -2.01. The highest BCUT2D eigenvalue weighted by molar-refractivity contribution is 14.0. The number of hydrogen-bond donors (Lipinski definition) is 0. The molecule has 0 saturated heterocycles. The largest absolute Gasteiger partial charge is 0.107 e. The lowest BCUT2D eigenvalue weighted by Crippen LogP contribution is -1.85. The van der Waals surface area contributed by atoms with Gasteiger partial charge in [0.25, 0.3) is 0 Å². The summed E-state index contributed by atoms with van der Waals surface area (Å²) in [6.45, 7) is 75.4. The molecular weight excluding hydrogens is 830 g/mol. The first-order chi connectivity index (χ1) is 20.9. The fraction of sp³-hybridized carbons (Fsp3) is 0.958. The molecule has 50 heavy (non-hydrogen) atoms.